The SMILES string of the molecule is CCC(OC)(c1ccccn1)C(C)(C)C. The highest BCUT2D eigenvalue weighted by molar-refractivity contribution is 5.16. The molecule has 1 aromatic rings. The maximum atomic E-state index is 5.78. The lowest BCUT2D eigenvalue weighted by Gasteiger charge is -2.42. The Bertz CT molecular complexity index is 296. The zero-order chi connectivity index (χ0) is 11.5. The van der Waals surface area contributed by atoms with Crippen molar-refractivity contribution in [3.05, 3.63) is 30.1 Å². The number of ether oxygens (including phenoxy) is 1. The van der Waals surface area contributed by atoms with Gasteiger partial charge in [-0.25, -0.2) is 0 Å². The molecule has 2 heteroatoms. The molecule has 0 aliphatic carbocycles. The molecule has 0 saturated carbocycles. The van der Waals surface area contributed by atoms with E-state index in [4.69, 9.17) is 4.74 Å². The van der Waals surface area contributed by atoms with Crippen LogP contribution in [0.2, 0.25) is 0 Å². The second-order valence-electron chi connectivity index (χ2n) is 4.85. The second kappa shape index (κ2) is 4.31. The molecule has 84 valence electrons. The van der Waals surface area contributed by atoms with E-state index in [0.29, 0.717) is 0 Å². The van der Waals surface area contributed by atoms with Gasteiger partial charge in [0.2, 0.25) is 0 Å². The van der Waals surface area contributed by atoms with Crippen LogP contribution in [0.25, 0.3) is 0 Å². The third kappa shape index (κ3) is 2.05. The summed E-state index contributed by atoms with van der Waals surface area (Å²) in [5.74, 6) is 0. The predicted molar refractivity (Wildman–Crippen MR) is 62.7 cm³/mol. The monoisotopic (exact) mass is 207 g/mol. The van der Waals surface area contributed by atoms with Gasteiger partial charge in [0, 0.05) is 13.3 Å². The van der Waals surface area contributed by atoms with Gasteiger partial charge in [-0.05, 0) is 24.0 Å². The molecular weight excluding hydrogens is 186 g/mol. The van der Waals surface area contributed by atoms with E-state index >= 15 is 0 Å². The number of pyridine rings is 1. The summed E-state index contributed by atoms with van der Waals surface area (Å²) >= 11 is 0. The summed E-state index contributed by atoms with van der Waals surface area (Å²) in [5, 5.41) is 0. The highest BCUT2D eigenvalue weighted by Gasteiger charge is 2.43. The molecule has 1 unspecified atom stereocenters. The van der Waals surface area contributed by atoms with Crippen molar-refractivity contribution in [3.8, 4) is 0 Å². The molecule has 1 rings (SSSR count). The van der Waals surface area contributed by atoms with Gasteiger partial charge in [0.05, 0.1) is 5.69 Å². The van der Waals surface area contributed by atoms with Gasteiger partial charge in [0.15, 0.2) is 0 Å². The number of rotatable bonds is 3. The van der Waals surface area contributed by atoms with Crippen molar-refractivity contribution < 1.29 is 4.74 Å². The first-order valence-electron chi connectivity index (χ1n) is 5.44. The van der Waals surface area contributed by atoms with E-state index in [1.807, 2.05) is 24.4 Å². The molecule has 0 aliphatic rings. The van der Waals surface area contributed by atoms with Gasteiger partial charge in [-0.15, -0.1) is 0 Å². The summed E-state index contributed by atoms with van der Waals surface area (Å²) in [6.45, 7) is 8.71. The lowest BCUT2D eigenvalue weighted by molar-refractivity contribution is -0.105. The van der Waals surface area contributed by atoms with Gasteiger partial charge < -0.3 is 4.74 Å². The number of aromatic nitrogens is 1. The van der Waals surface area contributed by atoms with E-state index in [9.17, 15) is 0 Å². The fourth-order valence-electron chi connectivity index (χ4n) is 2.25. The average molecular weight is 207 g/mol. The van der Waals surface area contributed by atoms with Crippen LogP contribution in [0.3, 0.4) is 0 Å². The summed E-state index contributed by atoms with van der Waals surface area (Å²) in [6, 6.07) is 5.98. The summed E-state index contributed by atoms with van der Waals surface area (Å²) in [4.78, 5) is 4.43. The Kier molecular flexibility index (Phi) is 3.50. The number of hydrogen-bond donors (Lipinski definition) is 0. The first-order valence-corrected chi connectivity index (χ1v) is 5.44. The zero-order valence-corrected chi connectivity index (χ0v) is 10.4. The number of hydrogen-bond acceptors (Lipinski definition) is 2. The fraction of sp³-hybridized carbons (Fsp3) is 0.615. The first-order chi connectivity index (χ1) is 6.98. The third-order valence-electron chi connectivity index (χ3n) is 3.14. The number of methoxy groups -OCH3 is 1. The Morgan fingerprint density at radius 2 is 1.93 bits per heavy atom. The molecule has 0 N–H and O–H groups in total. The molecule has 0 fully saturated rings. The van der Waals surface area contributed by atoms with Crippen LogP contribution in [-0.4, -0.2) is 12.1 Å². The van der Waals surface area contributed by atoms with Crippen LogP contribution >= 0.6 is 0 Å². The Morgan fingerprint density at radius 3 is 2.27 bits per heavy atom. The molecule has 15 heavy (non-hydrogen) atoms. The first kappa shape index (κ1) is 12.2. The van der Waals surface area contributed by atoms with Crippen LogP contribution < -0.4 is 0 Å². The fourth-order valence-corrected chi connectivity index (χ4v) is 2.25. The van der Waals surface area contributed by atoms with Crippen LogP contribution in [0.15, 0.2) is 24.4 Å². The summed E-state index contributed by atoms with van der Waals surface area (Å²) in [5.41, 5.74) is 0.751. The van der Waals surface area contributed by atoms with Crippen molar-refractivity contribution in [2.24, 2.45) is 5.41 Å². The van der Waals surface area contributed by atoms with Crippen LogP contribution in [0.4, 0.5) is 0 Å². The molecule has 1 atom stereocenters. The molecule has 0 saturated heterocycles. The van der Waals surface area contributed by atoms with E-state index in [2.05, 4.69) is 32.7 Å². The van der Waals surface area contributed by atoms with Crippen molar-refractivity contribution in [2.75, 3.05) is 7.11 Å². The minimum atomic E-state index is -0.297. The van der Waals surface area contributed by atoms with Crippen LogP contribution in [0, 0.1) is 5.41 Å². The smallest absolute Gasteiger partial charge is 0.114 e. The van der Waals surface area contributed by atoms with Gasteiger partial charge >= 0.3 is 0 Å². The topological polar surface area (TPSA) is 22.1 Å². The highest BCUT2D eigenvalue weighted by Crippen LogP contribution is 2.43. The van der Waals surface area contributed by atoms with E-state index in [1.54, 1.807) is 7.11 Å². The van der Waals surface area contributed by atoms with Crippen molar-refractivity contribution in [1.29, 1.82) is 0 Å². The van der Waals surface area contributed by atoms with Crippen LogP contribution in [0.1, 0.15) is 39.8 Å². The molecule has 0 radical (unpaired) electrons. The molecule has 2 nitrogen and oxygen atoms in total. The summed E-state index contributed by atoms with van der Waals surface area (Å²) in [7, 11) is 1.77. The lowest BCUT2D eigenvalue weighted by atomic mass is 9.72. The molecule has 0 aliphatic heterocycles. The second-order valence-corrected chi connectivity index (χ2v) is 4.85. The lowest BCUT2D eigenvalue weighted by Crippen LogP contribution is -2.42. The van der Waals surface area contributed by atoms with Crippen LogP contribution in [0.5, 0.6) is 0 Å². The Labute approximate surface area is 92.7 Å². The normalized spacial score (nSPS) is 16.1. The van der Waals surface area contributed by atoms with E-state index in [0.717, 1.165) is 12.1 Å². The van der Waals surface area contributed by atoms with Crippen LogP contribution in [-0.2, 0) is 10.3 Å². The van der Waals surface area contributed by atoms with E-state index < -0.39 is 0 Å². The Balaban J connectivity index is 3.24. The Hall–Kier alpha value is -0.890. The highest BCUT2D eigenvalue weighted by atomic mass is 16.5. The Morgan fingerprint density at radius 1 is 1.27 bits per heavy atom. The molecule has 0 bridgehead atoms. The van der Waals surface area contributed by atoms with E-state index in [-0.39, 0.29) is 11.0 Å². The average Bonchev–Trinajstić information content (AvgIpc) is 2.20. The minimum absolute atomic E-state index is 0.0326. The van der Waals surface area contributed by atoms with Crippen molar-refractivity contribution in [3.63, 3.8) is 0 Å². The predicted octanol–water partition coefficient (Wildman–Crippen LogP) is 3.38. The van der Waals surface area contributed by atoms with Crippen molar-refractivity contribution >= 4 is 0 Å². The maximum Gasteiger partial charge on any atom is 0.114 e. The summed E-state index contributed by atoms with van der Waals surface area (Å²) in [6.07, 6.45) is 2.74. The van der Waals surface area contributed by atoms with Gasteiger partial charge in [0.25, 0.3) is 0 Å². The molecular formula is C13H21NO. The zero-order valence-electron chi connectivity index (χ0n) is 10.4. The molecule has 0 aromatic carbocycles. The largest absolute Gasteiger partial charge is 0.371 e. The third-order valence-corrected chi connectivity index (χ3v) is 3.14. The standard InChI is InChI=1S/C13H21NO/c1-6-13(15-5,12(2,3)4)11-9-7-8-10-14-11/h7-10H,6H2,1-5H3. The van der Waals surface area contributed by atoms with Gasteiger partial charge in [-0.2, -0.15) is 0 Å². The molecule has 1 heterocycles. The van der Waals surface area contributed by atoms with E-state index in [1.165, 1.54) is 0 Å². The molecule has 0 spiro atoms. The van der Waals surface area contributed by atoms with Gasteiger partial charge in [0.1, 0.15) is 5.60 Å². The number of nitrogens with zero attached hydrogens (tertiary/aromatic N) is 1. The molecule has 1 aromatic heterocycles. The van der Waals surface area contributed by atoms with Crippen molar-refractivity contribution in [2.45, 2.75) is 39.7 Å². The quantitative estimate of drug-likeness (QED) is 0.758. The summed E-state index contributed by atoms with van der Waals surface area (Å²) < 4.78 is 5.78. The van der Waals surface area contributed by atoms with Gasteiger partial charge in [-0.1, -0.05) is 33.8 Å². The minimum Gasteiger partial charge on any atom is -0.371 e. The molecule has 0 amide bonds. The van der Waals surface area contributed by atoms with Gasteiger partial charge in [-0.3, -0.25) is 4.98 Å². The maximum absolute atomic E-state index is 5.78. The van der Waals surface area contributed by atoms with Crippen molar-refractivity contribution in [1.82, 2.24) is 4.98 Å².